The molecule has 0 radical (unpaired) electrons. The summed E-state index contributed by atoms with van der Waals surface area (Å²) in [6.07, 6.45) is -1.03. The summed E-state index contributed by atoms with van der Waals surface area (Å²) in [7, 11) is 4.39. The smallest absolute Gasteiger partial charge is 0.303 e. The van der Waals surface area contributed by atoms with Gasteiger partial charge in [-0.3, -0.25) is 38.6 Å². The largest absolute Gasteiger partial charge is 0.492 e. The summed E-state index contributed by atoms with van der Waals surface area (Å²) < 4.78 is 15.7. The normalized spacial score (nSPS) is 29.5. The molecule has 1 fully saturated rings. The van der Waals surface area contributed by atoms with Gasteiger partial charge in [-0.25, -0.2) is 0 Å². The molecule has 0 aromatic rings. The number of methoxy groups -OCH3 is 2. The van der Waals surface area contributed by atoms with Crippen molar-refractivity contribution < 1.29 is 43.0 Å². The minimum absolute atomic E-state index is 0.00566. The SMILES string of the molecule is COC1=C(C)C(=O)C2=C(C1=O)C1C3CC4=C(C(=O)C(OC)=C(C)C4=O)C(CNC(=O)C(C)OC(C)=O)N3[C@@H](C#N)C(C2)N1C. The van der Waals surface area contributed by atoms with Gasteiger partial charge in [0.15, 0.2) is 29.2 Å². The molecule has 2 aliphatic carbocycles. The molecule has 13 heteroatoms. The zero-order valence-corrected chi connectivity index (χ0v) is 25.6. The second-order valence-electron chi connectivity index (χ2n) is 11.6. The Kier molecular flexibility index (Phi) is 7.94. The van der Waals surface area contributed by atoms with Crippen molar-refractivity contribution in [1.82, 2.24) is 15.1 Å². The number of hydrogen-bond acceptors (Lipinski definition) is 12. The first-order chi connectivity index (χ1) is 20.8. The molecule has 13 nitrogen and oxygen atoms in total. The zero-order valence-electron chi connectivity index (χ0n) is 25.6. The summed E-state index contributed by atoms with van der Waals surface area (Å²) >= 11 is 0. The maximum Gasteiger partial charge on any atom is 0.303 e. The number of allylic oxidation sites excluding steroid dienone is 4. The fourth-order valence-corrected chi connectivity index (χ4v) is 7.46. The van der Waals surface area contributed by atoms with Crippen LogP contribution < -0.4 is 5.32 Å². The first-order valence-corrected chi connectivity index (χ1v) is 14.3. The molecule has 5 unspecified atom stereocenters. The number of amides is 1. The lowest BCUT2D eigenvalue weighted by Gasteiger charge is -2.60. The van der Waals surface area contributed by atoms with Crippen molar-refractivity contribution in [1.29, 1.82) is 5.26 Å². The quantitative estimate of drug-likeness (QED) is 0.322. The van der Waals surface area contributed by atoms with Crippen molar-refractivity contribution in [3.05, 3.63) is 45.0 Å². The average Bonchev–Trinajstić information content (AvgIpc) is 2.97. The maximum atomic E-state index is 13.9. The topological polar surface area (TPSA) is 172 Å². The third-order valence-corrected chi connectivity index (χ3v) is 9.40. The maximum absolute atomic E-state index is 13.9. The Bertz CT molecular complexity index is 1590. The second-order valence-corrected chi connectivity index (χ2v) is 11.6. The van der Waals surface area contributed by atoms with Gasteiger partial charge in [0.25, 0.3) is 5.91 Å². The Morgan fingerprint density at radius 2 is 1.45 bits per heavy atom. The molecule has 3 heterocycles. The van der Waals surface area contributed by atoms with Gasteiger partial charge in [-0.05, 0) is 40.7 Å². The molecule has 1 saturated heterocycles. The number of fused-ring (bicyclic) bond motifs is 5. The Balaban J connectivity index is 1.67. The molecule has 2 bridgehead atoms. The standard InChI is InChI=1S/C31H34N4O9/c1-12-25(37)16-9-19-24-23-17(26(38)13(2)30(43-7)28(23)40)8-18(34(24)5)20(10-32)35(19)21(22(16)27(39)29(12)42-6)11-33-31(41)14(3)44-15(4)36/h14,18-21,24H,8-9,11H2,1-7H3,(H,33,41)/t14?,18?,19?,20-,21?,24?/m0/s1. The Hall–Kier alpha value is -4.41. The highest BCUT2D eigenvalue weighted by Crippen LogP contribution is 2.48. The molecule has 1 N–H and O–H groups in total. The average molecular weight is 607 g/mol. The van der Waals surface area contributed by atoms with Crippen LogP contribution in [0.3, 0.4) is 0 Å². The van der Waals surface area contributed by atoms with Crippen LogP contribution in [0.25, 0.3) is 0 Å². The molecule has 5 aliphatic rings. The van der Waals surface area contributed by atoms with Crippen LogP contribution in [0, 0.1) is 11.3 Å². The number of nitriles is 1. The summed E-state index contributed by atoms with van der Waals surface area (Å²) in [5, 5.41) is 13.3. The van der Waals surface area contributed by atoms with Gasteiger partial charge in [0.05, 0.1) is 32.4 Å². The lowest BCUT2D eigenvalue weighted by molar-refractivity contribution is -0.152. The van der Waals surface area contributed by atoms with E-state index >= 15 is 0 Å². The van der Waals surface area contributed by atoms with Gasteiger partial charge in [-0.15, -0.1) is 0 Å². The number of Topliss-reactive ketones (excluding diaryl/α,β-unsaturated/α-hetero) is 4. The van der Waals surface area contributed by atoms with Gasteiger partial charge < -0.3 is 19.5 Å². The van der Waals surface area contributed by atoms with Crippen molar-refractivity contribution in [2.45, 2.75) is 76.8 Å². The Morgan fingerprint density at radius 1 is 0.932 bits per heavy atom. The summed E-state index contributed by atoms with van der Waals surface area (Å²) in [4.78, 5) is 83.1. The fraction of sp³-hybridized carbons (Fsp3) is 0.516. The minimum Gasteiger partial charge on any atom is -0.492 e. The molecule has 0 aromatic heterocycles. The van der Waals surface area contributed by atoms with Gasteiger partial charge in [0.2, 0.25) is 11.6 Å². The highest BCUT2D eigenvalue weighted by Gasteiger charge is 2.59. The van der Waals surface area contributed by atoms with Crippen molar-refractivity contribution in [2.75, 3.05) is 27.8 Å². The van der Waals surface area contributed by atoms with E-state index in [1.807, 2.05) is 4.90 Å². The molecular weight excluding hydrogens is 572 g/mol. The number of esters is 1. The van der Waals surface area contributed by atoms with E-state index in [2.05, 4.69) is 11.4 Å². The van der Waals surface area contributed by atoms with Crippen molar-refractivity contribution >= 4 is 35.0 Å². The molecule has 0 spiro atoms. The zero-order chi connectivity index (χ0) is 32.4. The second kappa shape index (κ2) is 11.3. The van der Waals surface area contributed by atoms with E-state index < -0.39 is 65.5 Å². The number of piperazine rings is 1. The van der Waals surface area contributed by atoms with Crippen molar-refractivity contribution in [3.8, 4) is 6.07 Å². The van der Waals surface area contributed by atoms with E-state index in [4.69, 9.17) is 14.2 Å². The van der Waals surface area contributed by atoms with E-state index in [0.29, 0.717) is 5.57 Å². The number of ketones is 4. The number of hydrogen-bond donors (Lipinski definition) is 1. The van der Waals surface area contributed by atoms with Crippen LogP contribution in [0.5, 0.6) is 0 Å². The molecule has 0 saturated carbocycles. The van der Waals surface area contributed by atoms with Crippen LogP contribution in [0.2, 0.25) is 0 Å². The van der Waals surface area contributed by atoms with Gasteiger partial charge in [-0.1, -0.05) is 0 Å². The van der Waals surface area contributed by atoms with E-state index in [1.54, 1.807) is 11.9 Å². The van der Waals surface area contributed by atoms with E-state index in [0.717, 1.165) is 0 Å². The summed E-state index contributed by atoms with van der Waals surface area (Å²) in [5.74, 6) is -3.17. The van der Waals surface area contributed by atoms with Gasteiger partial charge >= 0.3 is 5.97 Å². The van der Waals surface area contributed by atoms with Crippen LogP contribution in [-0.2, 0) is 43.0 Å². The first-order valence-electron chi connectivity index (χ1n) is 14.3. The Labute approximate surface area is 254 Å². The molecule has 0 aromatic carbocycles. The van der Waals surface area contributed by atoms with Crippen LogP contribution in [-0.4, -0.2) is 109 Å². The number of ether oxygens (including phenoxy) is 3. The molecule has 5 rings (SSSR count). The monoisotopic (exact) mass is 606 g/mol. The van der Waals surface area contributed by atoms with E-state index in [-0.39, 0.29) is 64.6 Å². The number of carbonyl (C=O) groups is 6. The van der Waals surface area contributed by atoms with Crippen LogP contribution in [0.15, 0.2) is 45.0 Å². The number of likely N-dealkylation sites (N-methyl/N-ethyl adjacent to an activating group) is 1. The number of nitrogens with zero attached hydrogens (tertiary/aromatic N) is 3. The first kappa shape index (κ1) is 31.0. The molecule has 44 heavy (non-hydrogen) atoms. The van der Waals surface area contributed by atoms with E-state index in [9.17, 15) is 34.0 Å². The highest BCUT2D eigenvalue weighted by atomic mass is 16.5. The third kappa shape index (κ3) is 4.43. The fourth-order valence-electron chi connectivity index (χ4n) is 7.46. The minimum atomic E-state index is -1.14. The molecule has 232 valence electrons. The molecule has 1 amide bonds. The predicted molar refractivity (Wildman–Crippen MR) is 151 cm³/mol. The van der Waals surface area contributed by atoms with Crippen LogP contribution in [0.1, 0.15) is 40.5 Å². The summed E-state index contributed by atoms with van der Waals surface area (Å²) in [6, 6.07) is -1.52. The lowest BCUT2D eigenvalue weighted by atomic mass is 9.67. The van der Waals surface area contributed by atoms with Crippen molar-refractivity contribution in [2.24, 2.45) is 0 Å². The summed E-state index contributed by atoms with van der Waals surface area (Å²) in [6.45, 7) is 5.39. The van der Waals surface area contributed by atoms with Crippen LogP contribution in [0.4, 0.5) is 0 Å². The van der Waals surface area contributed by atoms with Gasteiger partial charge in [-0.2, -0.15) is 5.26 Å². The van der Waals surface area contributed by atoms with Gasteiger partial charge in [0.1, 0.15) is 6.04 Å². The molecule has 3 aliphatic heterocycles. The number of nitrogens with one attached hydrogen (secondary N) is 1. The predicted octanol–water partition coefficient (Wildman–Crippen LogP) is 0.213. The van der Waals surface area contributed by atoms with Gasteiger partial charge in [0, 0.05) is 59.0 Å². The highest BCUT2D eigenvalue weighted by molar-refractivity contribution is 6.26. The number of carbonyl (C=O) groups excluding carboxylic acids is 6. The molecule has 6 atom stereocenters. The summed E-state index contributed by atoms with van der Waals surface area (Å²) in [5.41, 5.74) is 1.20. The third-order valence-electron chi connectivity index (χ3n) is 9.40. The van der Waals surface area contributed by atoms with Crippen molar-refractivity contribution in [3.63, 3.8) is 0 Å². The Morgan fingerprint density at radius 3 is 1.98 bits per heavy atom. The lowest BCUT2D eigenvalue weighted by Crippen LogP contribution is -2.74. The van der Waals surface area contributed by atoms with Crippen LogP contribution >= 0.6 is 0 Å². The van der Waals surface area contributed by atoms with E-state index in [1.165, 1.54) is 41.9 Å². The molecular formula is C31H34N4O9. The number of rotatable bonds is 6.